The molecule has 0 unspecified atom stereocenters. The molecule has 9 heteroatoms. The normalized spacial score (nSPS) is 10.5. The van der Waals surface area contributed by atoms with Gasteiger partial charge in [0.2, 0.25) is 5.43 Å². The summed E-state index contributed by atoms with van der Waals surface area (Å²) in [4.78, 5) is 45.3. The highest BCUT2D eigenvalue weighted by Crippen LogP contribution is 2.31. The third-order valence-corrected chi connectivity index (χ3v) is 4.48. The van der Waals surface area contributed by atoms with Crippen LogP contribution < -0.4 is 15.5 Å². The average Bonchev–Trinajstić information content (AvgIpc) is 2.81. The molecule has 3 aromatic heterocycles. The van der Waals surface area contributed by atoms with Crippen LogP contribution in [0.5, 0.6) is 5.75 Å². The lowest BCUT2D eigenvalue weighted by molar-refractivity contribution is 0.0734. The average molecular weight is 431 g/mol. The number of aromatic nitrogens is 2. The molecule has 160 valence electrons. The summed E-state index contributed by atoms with van der Waals surface area (Å²) < 4.78 is 15.9. The van der Waals surface area contributed by atoms with Crippen molar-refractivity contribution in [3.8, 4) is 16.9 Å². The highest BCUT2D eigenvalue weighted by Gasteiger charge is 2.17. The Labute approximate surface area is 181 Å². The first-order valence-electron chi connectivity index (χ1n) is 9.62. The van der Waals surface area contributed by atoms with Gasteiger partial charge in [0, 0.05) is 36.4 Å². The second-order valence-corrected chi connectivity index (χ2v) is 6.53. The van der Waals surface area contributed by atoms with Gasteiger partial charge < -0.3 is 13.9 Å². The van der Waals surface area contributed by atoms with Crippen LogP contribution in [0.2, 0.25) is 0 Å². The number of pyridine rings is 2. The second kappa shape index (κ2) is 9.09. The summed E-state index contributed by atoms with van der Waals surface area (Å²) in [6, 6.07) is 9.23. The molecule has 1 N–H and O–H groups in total. The van der Waals surface area contributed by atoms with Crippen LogP contribution in [-0.4, -0.2) is 28.6 Å². The van der Waals surface area contributed by atoms with E-state index in [9.17, 15) is 14.4 Å². The zero-order chi connectivity index (χ0) is 22.5. The van der Waals surface area contributed by atoms with E-state index in [0.29, 0.717) is 16.5 Å². The van der Waals surface area contributed by atoms with E-state index in [2.05, 4.69) is 15.3 Å². The summed E-state index contributed by atoms with van der Waals surface area (Å²) in [7, 11) is 0. The van der Waals surface area contributed by atoms with Crippen molar-refractivity contribution in [2.45, 2.75) is 6.92 Å². The van der Waals surface area contributed by atoms with Crippen LogP contribution in [0.1, 0.15) is 17.3 Å². The summed E-state index contributed by atoms with van der Waals surface area (Å²) >= 11 is 0. The Morgan fingerprint density at radius 3 is 2.69 bits per heavy atom. The summed E-state index contributed by atoms with van der Waals surface area (Å²) in [6.45, 7) is 1.82. The van der Waals surface area contributed by atoms with Crippen LogP contribution in [0, 0.1) is 0 Å². The molecule has 0 saturated carbocycles. The van der Waals surface area contributed by atoms with Crippen molar-refractivity contribution in [2.24, 2.45) is 0 Å². The third kappa shape index (κ3) is 4.31. The Kier molecular flexibility index (Phi) is 5.89. The number of nitrogens with one attached hydrogen (secondary N) is 1. The molecular weight excluding hydrogens is 414 g/mol. The maximum atomic E-state index is 13.0. The van der Waals surface area contributed by atoms with Crippen molar-refractivity contribution < 1.29 is 23.5 Å². The molecule has 3 heterocycles. The molecule has 0 radical (unpaired) electrons. The van der Waals surface area contributed by atoms with Gasteiger partial charge in [0.25, 0.3) is 0 Å². The summed E-state index contributed by atoms with van der Waals surface area (Å²) in [5.74, 6) is -0.467. The SMILES string of the molecule is CCOC(=O)Nc1cc(OC(=O)c2cccnc2)ccc1-c1coc2ccncc2c1=O. The molecule has 4 rings (SSSR count). The highest BCUT2D eigenvalue weighted by atomic mass is 16.5. The number of benzene rings is 1. The molecule has 9 nitrogen and oxygen atoms in total. The van der Waals surface area contributed by atoms with Crippen molar-refractivity contribution >= 4 is 28.7 Å². The maximum Gasteiger partial charge on any atom is 0.411 e. The molecule has 4 aromatic rings. The molecular formula is C23H17N3O6. The molecule has 0 atom stereocenters. The number of fused-ring (bicyclic) bond motifs is 1. The van der Waals surface area contributed by atoms with Crippen LogP contribution in [0.15, 0.2) is 76.7 Å². The Bertz CT molecular complexity index is 1350. The fraction of sp³-hybridized carbons (Fsp3) is 0.0870. The van der Waals surface area contributed by atoms with Gasteiger partial charge in [-0.1, -0.05) is 0 Å². The molecule has 0 bridgehead atoms. The van der Waals surface area contributed by atoms with Crippen LogP contribution >= 0.6 is 0 Å². The van der Waals surface area contributed by atoms with Crippen molar-refractivity contribution in [1.82, 2.24) is 9.97 Å². The monoisotopic (exact) mass is 431 g/mol. The van der Waals surface area contributed by atoms with Gasteiger partial charge >= 0.3 is 12.1 Å². The largest absolute Gasteiger partial charge is 0.463 e. The first-order valence-corrected chi connectivity index (χ1v) is 9.62. The van der Waals surface area contributed by atoms with Gasteiger partial charge in [-0.3, -0.25) is 20.1 Å². The lowest BCUT2D eigenvalue weighted by atomic mass is 10.0. The molecule has 1 amide bonds. The fourth-order valence-corrected chi connectivity index (χ4v) is 3.01. The van der Waals surface area contributed by atoms with E-state index in [1.54, 1.807) is 31.2 Å². The molecule has 0 saturated heterocycles. The lowest BCUT2D eigenvalue weighted by Crippen LogP contribution is -2.15. The Morgan fingerprint density at radius 2 is 1.91 bits per heavy atom. The van der Waals surface area contributed by atoms with E-state index in [1.165, 1.54) is 43.2 Å². The summed E-state index contributed by atoms with van der Waals surface area (Å²) in [6.07, 6.45) is 6.42. The van der Waals surface area contributed by atoms with Crippen LogP contribution in [-0.2, 0) is 4.74 Å². The first-order chi connectivity index (χ1) is 15.6. The quantitative estimate of drug-likeness (QED) is 0.371. The number of carbonyl (C=O) groups excluding carboxylic acids is 2. The number of nitrogens with zero attached hydrogens (tertiary/aromatic N) is 2. The van der Waals surface area contributed by atoms with E-state index in [0.717, 1.165) is 0 Å². The van der Waals surface area contributed by atoms with Crippen molar-refractivity contribution in [2.75, 3.05) is 11.9 Å². The van der Waals surface area contributed by atoms with E-state index < -0.39 is 12.1 Å². The Hall–Kier alpha value is -4.53. The van der Waals surface area contributed by atoms with Gasteiger partial charge in [0.1, 0.15) is 17.6 Å². The minimum absolute atomic E-state index is 0.153. The smallest absolute Gasteiger partial charge is 0.411 e. The number of anilines is 1. The Balaban J connectivity index is 1.75. The number of rotatable bonds is 5. The minimum atomic E-state index is -0.726. The van der Waals surface area contributed by atoms with Crippen molar-refractivity contribution in [1.29, 1.82) is 0 Å². The van der Waals surface area contributed by atoms with Crippen molar-refractivity contribution in [3.63, 3.8) is 0 Å². The van der Waals surface area contributed by atoms with Crippen LogP contribution in [0.3, 0.4) is 0 Å². The van der Waals surface area contributed by atoms with E-state index in [1.807, 2.05) is 0 Å². The maximum absolute atomic E-state index is 13.0. The number of carbonyl (C=O) groups is 2. The fourth-order valence-electron chi connectivity index (χ4n) is 3.01. The minimum Gasteiger partial charge on any atom is -0.463 e. The zero-order valence-corrected chi connectivity index (χ0v) is 16.9. The first kappa shape index (κ1) is 20.7. The van der Waals surface area contributed by atoms with Gasteiger partial charge in [0.05, 0.1) is 28.8 Å². The van der Waals surface area contributed by atoms with Gasteiger partial charge in [-0.05, 0) is 37.3 Å². The molecule has 0 aliphatic rings. The third-order valence-electron chi connectivity index (χ3n) is 4.48. The molecule has 1 aromatic carbocycles. The van der Waals surface area contributed by atoms with Gasteiger partial charge in [-0.15, -0.1) is 0 Å². The number of ether oxygens (including phenoxy) is 2. The van der Waals surface area contributed by atoms with Crippen molar-refractivity contribution in [3.05, 3.63) is 83.2 Å². The molecule has 32 heavy (non-hydrogen) atoms. The molecule has 0 aliphatic heterocycles. The Morgan fingerprint density at radius 1 is 1.06 bits per heavy atom. The molecule has 0 fully saturated rings. The van der Waals surface area contributed by atoms with E-state index in [-0.39, 0.29) is 34.6 Å². The summed E-state index contributed by atoms with van der Waals surface area (Å²) in [5, 5.41) is 2.87. The molecule has 0 spiro atoms. The second-order valence-electron chi connectivity index (χ2n) is 6.53. The lowest BCUT2D eigenvalue weighted by Gasteiger charge is -2.13. The molecule has 0 aliphatic carbocycles. The predicted octanol–water partition coefficient (Wildman–Crippen LogP) is 4.04. The number of esters is 1. The predicted molar refractivity (Wildman–Crippen MR) is 116 cm³/mol. The van der Waals surface area contributed by atoms with E-state index >= 15 is 0 Å². The standard InChI is InChI=1S/C23H17N3O6/c1-2-30-23(29)26-19-10-15(32-22(28)14-4-3-8-24-11-14)5-6-16(19)18-13-31-20-7-9-25-12-17(20)21(18)27/h3-13H,2H2,1H3,(H,26,29). The number of amides is 1. The number of hydrogen-bond acceptors (Lipinski definition) is 8. The summed E-state index contributed by atoms with van der Waals surface area (Å²) in [5.41, 5.74) is 1.08. The highest BCUT2D eigenvalue weighted by molar-refractivity contribution is 5.94. The van der Waals surface area contributed by atoms with Gasteiger partial charge in [-0.25, -0.2) is 9.59 Å². The zero-order valence-electron chi connectivity index (χ0n) is 16.9. The van der Waals surface area contributed by atoms with Crippen LogP contribution in [0.4, 0.5) is 10.5 Å². The number of hydrogen-bond donors (Lipinski definition) is 1. The van der Waals surface area contributed by atoms with E-state index in [4.69, 9.17) is 13.9 Å². The van der Waals surface area contributed by atoms with Crippen LogP contribution in [0.25, 0.3) is 22.1 Å². The van der Waals surface area contributed by atoms with Gasteiger partial charge in [0.15, 0.2) is 0 Å². The topological polar surface area (TPSA) is 121 Å². The van der Waals surface area contributed by atoms with Gasteiger partial charge in [-0.2, -0.15) is 0 Å².